The van der Waals surface area contributed by atoms with Gasteiger partial charge in [0.2, 0.25) is 5.24 Å². The molecule has 1 rings (SSSR count). The number of halogens is 1. The van der Waals surface area contributed by atoms with Crippen LogP contribution in [0.5, 0.6) is 0 Å². The molecule has 0 heterocycles. The summed E-state index contributed by atoms with van der Waals surface area (Å²) in [4.78, 5) is 22.4. The second kappa shape index (κ2) is 7.07. The highest BCUT2D eigenvalue weighted by molar-refractivity contribution is 6.64. The minimum Gasteiger partial charge on any atom is -0.461 e. The Labute approximate surface area is 106 Å². The molecular formula is C13H15ClO3. The van der Waals surface area contributed by atoms with Crippen molar-refractivity contribution in [2.75, 3.05) is 0 Å². The van der Waals surface area contributed by atoms with Crippen LogP contribution < -0.4 is 0 Å². The predicted octanol–water partition coefficient (Wildman–Crippen LogP) is 2.91. The van der Waals surface area contributed by atoms with Crippen molar-refractivity contribution in [1.82, 2.24) is 0 Å². The first-order valence-electron chi connectivity index (χ1n) is 5.52. The summed E-state index contributed by atoms with van der Waals surface area (Å²) >= 11 is 5.36. The van der Waals surface area contributed by atoms with Crippen molar-refractivity contribution < 1.29 is 14.3 Å². The highest BCUT2D eigenvalue weighted by Crippen LogP contribution is 2.13. The maximum Gasteiger partial charge on any atom is 0.306 e. The fourth-order valence-corrected chi connectivity index (χ4v) is 1.61. The Morgan fingerprint density at radius 3 is 2.47 bits per heavy atom. The zero-order chi connectivity index (χ0) is 12.7. The number of hydrogen-bond donors (Lipinski definition) is 0. The van der Waals surface area contributed by atoms with Crippen molar-refractivity contribution >= 4 is 22.8 Å². The van der Waals surface area contributed by atoms with E-state index in [1.807, 2.05) is 37.3 Å². The molecule has 0 aromatic heterocycles. The van der Waals surface area contributed by atoms with Crippen LogP contribution in [0.15, 0.2) is 30.3 Å². The van der Waals surface area contributed by atoms with Gasteiger partial charge < -0.3 is 4.74 Å². The van der Waals surface area contributed by atoms with Gasteiger partial charge in [-0.1, -0.05) is 37.3 Å². The van der Waals surface area contributed by atoms with Crippen LogP contribution >= 0.6 is 11.6 Å². The van der Waals surface area contributed by atoms with Crippen molar-refractivity contribution in [2.45, 2.75) is 26.4 Å². The maximum absolute atomic E-state index is 11.5. The first-order valence-corrected chi connectivity index (χ1v) is 5.90. The maximum atomic E-state index is 11.5. The molecule has 0 bridgehead atoms. The van der Waals surface area contributed by atoms with Gasteiger partial charge in [0, 0.05) is 5.92 Å². The Balaban J connectivity index is 2.37. The van der Waals surface area contributed by atoms with Gasteiger partial charge in [0.15, 0.2) is 0 Å². The Morgan fingerprint density at radius 1 is 1.29 bits per heavy atom. The molecule has 17 heavy (non-hydrogen) atoms. The number of ether oxygens (including phenoxy) is 1. The van der Waals surface area contributed by atoms with Crippen LogP contribution in [-0.4, -0.2) is 11.2 Å². The number of carbonyl (C=O) groups excluding carboxylic acids is 2. The van der Waals surface area contributed by atoms with E-state index in [2.05, 4.69) is 0 Å². The number of hydrogen-bond acceptors (Lipinski definition) is 3. The minimum absolute atomic E-state index is 0.0473. The summed E-state index contributed by atoms with van der Waals surface area (Å²) in [6.07, 6.45) is 0.592. The number of esters is 1. The predicted molar refractivity (Wildman–Crippen MR) is 65.5 cm³/mol. The van der Waals surface area contributed by atoms with Gasteiger partial charge in [-0.2, -0.15) is 0 Å². The first-order chi connectivity index (χ1) is 8.13. The number of benzene rings is 1. The van der Waals surface area contributed by atoms with Gasteiger partial charge in [0.25, 0.3) is 0 Å². The van der Waals surface area contributed by atoms with Gasteiger partial charge in [-0.3, -0.25) is 9.59 Å². The smallest absolute Gasteiger partial charge is 0.306 e. The zero-order valence-corrected chi connectivity index (χ0v) is 10.4. The number of carbonyl (C=O) groups is 2. The Morgan fingerprint density at radius 2 is 1.94 bits per heavy atom. The van der Waals surface area contributed by atoms with E-state index in [0.29, 0.717) is 6.42 Å². The second-order valence-corrected chi connectivity index (χ2v) is 4.13. The molecule has 4 heteroatoms. The quantitative estimate of drug-likeness (QED) is 0.579. The summed E-state index contributed by atoms with van der Waals surface area (Å²) in [5.41, 5.74) is 0.922. The van der Waals surface area contributed by atoms with Gasteiger partial charge >= 0.3 is 5.97 Å². The monoisotopic (exact) mass is 254 g/mol. The fraction of sp³-hybridized carbons (Fsp3) is 0.385. The van der Waals surface area contributed by atoms with E-state index in [4.69, 9.17) is 16.3 Å². The molecule has 0 aliphatic heterocycles. The van der Waals surface area contributed by atoms with E-state index >= 15 is 0 Å². The van der Waals surface area contributed by atoms with Gasteiger partial charge in [-0.05, 0) is 23.6 Å². The molecule has 0 radical (unpaired) electrons. The molecule has 1 aromatic carbocycles. The summed E-state index contributed by atoms with van der Waals surface area (Å²) in [6, 6.07) is 9.39. The van der Waals surface area contributed by atoms with E-state index in [1.54, 1.807) is 0 Å². The molecule has 0 N–H and O–H groups in total. The van der Waals surface area contributed by atoms with Crippen molar-refractivity contribution in [3.63, 3.8) is 0 Å². The lowest BCUT2D eigenvalue weighted by molar-refractivity contribution is -0.147. The molecule has 0 saturated carbocycles. The van der Waals surface area contributed by atoms with Crippen LogP contribution in [0.1, 0.15) is 25.3 Å². The standard InChI is InChI=1S/C13H15ClO3/c1-2-11(13(14)16)8-12(15)17-9-10-6-4-3-5-7-10/h3-7,11H,2,8-9H2,1H3. The molecule has 0 saturated heterocycles. The van der Waals surface area contributed by atoms with Crippen LogP contribution in [0.2, 0.25) is 0 Å². The molecule has 0 fully saturated rings. The molecule has 0 aliphatic carbocycles. The third kappa shape index (κ3) is 5.00. The second-order valence-electron chi connectivity index (χ2n) is 3.76. The summed E-state index contributed by atoms with van der Waals surface area (Å²) in [6.45, 7) is 2.04. The van der Waals surface area contributed by atoms with Crippen LogP contribution in [0.4, 0.5) is 0 Å². The van der Waals surface area contributed by atoms with Gasteiger partial charge in [0.1, 0.15) is 6.61 Å². The van der Waals surface area contributed by atoms with E-state index < -0.39 is 17.1 Å². The molecule has 92 valence electrons. The van der Waals surface area contributed by atoms with E-state index in [9.17, 15) is 9.59 Å². The molecular weight excluding hydrogens is 240 g/mol. The average molecular weight is 255 g/mol. The summed E-state index contributed by atoms with van der Waals surface area (Å²) < 4.78 is 5.06. The van der Waals surface area contributed by atoms with Crippen molar-refractivity contribution in [3.8, 4) is 0 Å². The van der Waals surface area contributed by atoms with Crippen LogP contribution in [0.3, 0.4) is 0 Å². The van der Waals surface area contributed by atoms with Crippen LogP contribution in [0.25, 0.3) is 0 Å². The largest absolute Gasteiger partial charge is 0.461 e. The van der Waals surface area contributed by atoms with E-state index in [1.165, 1.54) is 0 Å². The fourth-order valence-electron chi connectivity index (χ4n) is 1.38. The molecule has 1 atom stereocenters. The van der Waals surface area contributed by atoms with Gasteiger partial charge in [-0.25, -0.2) is 0 Å². The highest BCUT2D eigenvalue weighted by atomic mass is 35.5. The van der Waals surface area contributed by atoms with Crippen molar-refractivity contribution in [3.05, 3.63) is 35.9 Å². The molecule has 1 unspecified atom stereocenters. The molecule has 1 aromatic rings. The molecule has 0 amide bonds. The molecule has 0 spiro atoms. The SMILES string of the molecule is CCC(CC(=O)OCc1ccccc1)C(=O)Cl. The normalized spacial score (nSPS) is 11.9. The van der Waals surface area contributed by atoms with Crippen molar-refractivity contribution in [1.29, 1.82) is 0 Å². The lowest BCUT2D eigenvalue weighted by Crippen LogP contribution is -2.15. The summed E-state index contributed by atoms with van der Waals surface area (Å²) in [5.74, 6) is -0.838. The highest BCUT2D eigenvalue weighted by Gasteiger charge is 2.18. The zero-order valence-electron chi connectivity index (χ0n) is 9.69. The Hall–Kier alpha value is -1.35. The topological polar surface area (TPSA) is 43.4 Å². The van der Waals surface area contributed by atoms with E-state index in [0.717, 1.165) is 5.56 Å². The van der Waals surface area contributed by atoms with E-state index in [-0.39, 0.29) is 13.0 Å². The Bertz CT molecular complexity index is 376. The third-order valence-electron chi connectivity index (χ3n) is 2.47. The van der Waals surface area contributed by atoms with Crippen LogP contribution in [0, 0.1) is 5.92 Å². The first kappa shape index (κ1) is 13.7. The summed E-state index contributed by atoms with van der Waals surface area (Å²) in [7, 11) is 0. The number of rotatable bonds is 6. The lowest BCUT2D eigenvalue weighted by Gasteiger charge is -2.09. The Kier molecular flexibility index (Phi) is 5.70. The minimum atomic E-state index is -0.482. The molecule has 0 aliphatic rings. The van der Waals surface area contributed by atoms with Gasteiger partial charge in [0.05, 0.1) is 6.42 Å². The lowest BCUT2D eigenvalue weighted by atomic mass is 10.0. The van der Waals surface area contributed by atoms with Gasteiger partial charge in [-0.15, -0.1) is 0 Å². The van der Waals surface area contributed by atoms with Crippen molar-refractivity contribution in [2.24, 2.45) is 5.92 Å². The van der Waals surface area contributed by atoms with Crippen LogP contribution in [-0.2, 0) is 20.9 Å². The average Bonchev–Trinajstić information content (AvgIpc) is 2.34. The molecule has 3 nitrogen and oxygen atoms in total. The third-order valence-corrected chi connectivity index (χ3v) is 2.78. The summed E-state index contributed by atoms with van der Waals surface area (Å²) in [5, 5.41) is -0.482.